The van der Waals surface area contributed by atoms with Crippen LogP contribution in [0.15, 0.2) is 6.33 Å². The van der Waals surface area contributed by atoms with Gasteiger partial charge in [0.05, 0.1) is 0 Å². The molecule has 4 nitrogen and oxygen atoms in total. The maximum absolute atomic E-state index is 12.4. The molecular weight excluding hydrogens is 185 g/mol. The van der Waals surface area contributed by atoms with Gasteiger partial charge in [0.15, 0.2) is 11.9 Å². The summed E-state index contributed by atoms with van der Waals surface area (Å²) >= 11 is 0. The van der Waals surface area contributed by atoms with Crippen molar-refractivity contribution in [3.05, 3.63) is 12.2 Å². The van der Waals surface area contributed by atoms with Crippen molar-refractivity contribution in [1.29, 1.82) is 0 Å². The van der Waals surface area contributed by atoms with Gasteiger partial charge in [0.2, 0.25) is 0 Å². The molecule has 2 heterocycles. The van der Waals surface area contributed by atoms with Crippen LogP contribution in [0, 0.1) is 0 Å². The number of fused-ring (bicyclic) bond motifs is 1. The van der Waals surface area contributed by atoms with Crippen LogP contribution in [0.4, 0.5) is 13.2 Å². The van der Waals surface area contributed by atoms with Gasteiger partial charge in [0, 0.05) is 13.1 Å². The second kappa shape index (κ2) is 2.69. The van der Waals surface area contributed by atoms with Crippen LogP contribution in [0.1, 0.15) is 11.9 Å². The van der Waals surface area contributed by atoms with Crippen LogP contribution in [-0.4, -0.2) is 27.5 Å². The largest absolute Gasteiger partial charge is 0.411 e. The average Bonchev–Trinajstić information content (AvgIpc) is 2.48. The monoisotopic (exact) mass is 192 g/mol. The lowest BCUT2D eigenvalue weighted by Gasteiger charge is -2.25. The summed E-state index contributed by atoms with van der Waals surface area (Å²) in [5.74, 6) is -0.0567. The first kappa shape index (κ1) is 8.49. The highest BCUT2D eigenvalue weighted by atomic mass is 19.4. The van der Waals surface area contributed by atoms with Crippen molar-refractivity contribution in [2.45, 2.75) is 18.8 Å². The van der Waals surface area contributed by atoms with Crippen molar-refractivity contribution >= 4 is 0 Å². The van der Waals surface area contributed by atoms with Crippen LogP contribution in [0.25, 0.3) is 0 Å². The minimum atomic E-state index is -4.30. The normalized spacial score (nSPS) is 22.8. The Balaban J connectivity index is 2.35. The van der Waals surface area contributed by atoms with Crippen LogP contribution in [0.5, 0.6) is 0 Å². The third kappa shape index (κ3) is 1.39. The SMILES string of the molecule is FC(F)(F)C1NCCn2cnnc21. The van der Waals surface area contributed by atoms with E-state index in [4.69, 9.17) is 0 Å². The first-order valence-corrected chi connectivity index (χ1v) is 3.77. The fourth-order valence-electron chi connectivity index (χ4n) is 1.34. The van der Waals surface area contributed by atoms with Gasteiger partial charge in [-0.25, -0.2) is 0 Å². The highest BCUT2D eigenvalue weighted by Gasteiger charge is 2.44. The summed E-state index contributed by atoms with van der Waals surface area (Å²) < 4.78 is 38.5. The summed E-state index contributed by atoms with van der Waals surface area (Å²) in [4.78, 5) is 0. The maximum Gasteiger partial charge on any atom is 0.411 e. The van der Waals surface area contributed by atoms with Gasteiger partial charge in [-0.15, -0.1) is 10.2 Å². The lowest BCUT2D eigenvalue weighted by atomic mass is 10.2. The van der Waals surface area contributed by atoms with Crippen LogP contribution >= 0.6 is 0 Å². The minimum Gasteiger partial charge on any atom is -0.315 e. The molecule has 1 unspecified atom stereocenters. The lowest BCUT2D eigenvalue weighted by Crippen LogP contribution is -2.41. The molecule has 0 saturated heterocycles. The molecule has 0 spiro atoms. The van der Waals surface area contributed by atoms with E-state index in [1.807, 2.05) is 0 Å². The number of nitrogens with zero attached hydrogens (tertiary/aromatic N) is 3. The Bertz CT molecular complexity index is 305. The van der Waals surface area contributed by atoms with E-state index in [9.17, 15) is 13.2 Å². The van der Waals surface area contributed by atoms with Crippen LogP contribution in [0.3, 0.4) is 0 Å². The molecular formula is C6H7F3N4. The number of alkyl halides is 3. The van der Waals surface area contributed by atoms with E-state index in [1.54, 1.807) is 0 Å². The van der Waals surface area contributed by atoms with E-state index in [-0.39, 0.29) is 12.4 Å². The van der Waals surface area contributed by atoms with E-state index >= 15 is 0 Å². The Morgan fingerprint density at radius 2 is 2.31 bits per heavy atom. The summed E-state index contributed by atoms with van der Waals surface area (Å²) in [6, 6.07) is -1.68. The van der Waals surface area contributed by atoms with Gasteiger partial charge in [-0.2, -0.15) is 13.2 Å². The molecule has 0 aromatic carbocycles. The molecule has 0 saturated carbocycles. The number of nitrogens with one attached hydrogen (secondary N) is 1. The van der Waals surface area contributed by atoms with E-state index in [0.717, 1.165) is 0 Å². The van der Waals surface area contributed by atoms with Crippen molar-refractivity contribution in [3.8, 4) is 0 Å². The molecule has 1 N–H and O–H groups in total. The van der Waals surface area contributed by atoms with E-state index in [2.05, 4.69) is 15.5 Å². The first-order chi connectivity index (χ1) is 6.09. The fourth-order valence-corrected chi connectivity index (χ4v) is 1.34. The molecule has 1 aliphatic rings. The standard InChI is InChI=1S/C6H7F3N4/c7-6(8,9)4-5-12-11-3-13(5)2-1-10-4/h3-4,10H,1-2H2. The molecule has 1 aromatic heterocycles. The van der Waals surface area contributed by atoms with Gasteiger partial charge < -0.3 is 4.57 Å². The van der Waals surface area contributed by atoms with Gasteiger partial charge in [-0.05, 0) is 0 Å². The van der Waals surface area contributed by atoms with Gasteiger partial charge in [-0.1, -0.05) is 0 Å². The van der Waals surface area contributed by atoms with Gasteiger partial charge >= 0.3 is 6.18 Å². The summed E-state index contributed by atoms with van der Waals surface area (Å²) in [5, 5.41) is 9.23. The smallest absolute Gasteiger partial charge is 0.315 e. The second-order valence-corrected chi connectivity index (χ2v) is 2.81. The molecule has 1 atom stereocenters. The molecule has 0 bridgehead atoms. The van der Waals surface area contributed by atoms with Gasteiger partial charge in [0.25, 0.3) is 0 Å². The zero-order chi connectivity index (χ0) is 9.47. The minimum absolute atomic E-state index is 0.0567. The Kier molecular flexibility index (Phi) is 1.76. The summed E-state index contributed by atoms with van der Waals surface area (Å²) in [5.41, 5.74) is 0. The number of rotatable bonds is 0. The zero-order valence-electron chi connectivity index (χ0n) is 6.54. The predicted octanol–water partition coefficient (Wildman–Crippen LogP) is 0.485. The van der Waals surface area contributed by atoms with Crippen LogP contribution < -0.4 is 5.32 Å². The van der Waals surface area contributed by atoms with Crippen molar-refractivity contribution < 1.29 is 13.2 Å². The highest BCUT2D eigenvalue weighted by molar-refractivity contribution is 5.01. The fraction of sp³-hybridized carbons (Fsp3) is 0.667. The molecule has 1 aromatic rings. The molecule has 72 valence electrons. The van der Waals surface area contributed by atoms with Gasteiger partial charge in [-0.3, -0.25) is 5.32 Å². The summed E-state index contributed by atoms with van der Waals surface area (Å²) in [6.07, 6.45) is -2.99. The summed E-state index contributed by atoms with van der Waals surface area (Å²) in [7, 11) is 0. The van der Waals surface area contributed by atoms with E-state index < -0.39 is 12.2 Å². The summed E-state index contributed by atoms with van der Waals surface area (Å²) in [6.45, 7) is 0.768. The lowest BCUT2D eigenvalue weighted by molar-refractivity contribution is -0.162. The Hall–Kier alpha value is -1.11. The molecule has 13 heavy (non-hydrogen) atoms. The molecule has 7 heteroatoms. The highest BCUT2D eigenvalue weighted by Crippen LogP contribution is 2.32. The Morgan fingerprint density at radius 3 is 3.00 bits per heavy atom. The third-order valence-corrected chi connectivity index (χ3v) is 1.93. The quantitative estimate of drug-likeness (QED) is 0.650. The van der Waals surface area contributed by atoms with Crippen molar-refractivity contribution in [2.24, 2.45) is 0 Å². The van der Waals surface area contributed by atoms with Crippen molar-refractivity contribution in [2.75, 3.05) is 6.54 Å². The van der Waals surface area contributed by atoms with E-state index in [1.165, 1.54) is 10.9 Å². The number of aromatic nitrogens is 3. The molecule has 0 aliphatic carbocycles. The number of hydrogen-bond acceptors (Lipinski definition) is 3. The Labute approximate surface area is 71.8 Å². The Morgan fingerprint density at radius 1 is 1.54 bits per heavy atom. The number of halogens is 3. The molecule has 2 rings (SSSR count). The van der Waals surface area contributed by atoms with Crippen molar-refractivity contribution in [3.63, 3.8) is 0 Å². The zero-order valence-corrected chi connectivity index (χ0v) is 6.54. The predicted molar refractivity (Wildman–Crippen MR) is 36.8 cm³/mol. The molecule has 0 radical (unpaired) electrons. The number of hydrogen-bond donors (Lipinski definition) is 1. The maximum atomic E-state index is 12.4. The van der Waals surface area contributed by atoms with Crippen LogP contribution in [-0.2, 0) is 6.54 Å². The average molecular weight is 192 g/mol. The molecule has 0 fully saturated rings. The topological polar surface area (TPSA) is 42.7 Å². The molecule has 0 amide bonds. The molecule has 1 aliphatic heterocycles. The van der Waals surface area contributed by atoms with Gasteiger partial charge in [0.1, 0.15) is 6.33 Å². The van der Waals surface area contributed by atoms with E-state index in [0.29, 0.717) is 6.54 Å². The second-order valence-electron chi connectivity index (χ2n) is 2.81. The van der Waals surface area contributed by atoms with Crippen LogP contribution in [0.2, 0.25) is 0 Å². The van der Waals surface area contributed by atoms with Crippen molar-refractivity contribution in [1.82, 2.24) is 20.1 Å². The third-order valence-electron chi connectivity index (χ3n) is 1.93. The first-order valence-electron chi connectivity index (χ1n) is 3.77.